The summed E-state index contributed by atoms with van der Waals surface area (Å²) in [6, 6.07) is 6.37. The van der Waals surface area contributed by atoms with E-state index in [0.717, 1.165) is 24.2 Å². The maximum Gasteiger partial charge on any atom is 0.123 e. The van der Waals surface area contributed by atoms with Crippen LogP contribution in [0.5, 0.6) is 0 Å². The van der Waals surface area contributed by atoms with Gasteiger partial charge >= 0.3 is 0 Å². The van der Waals surface area contributed by atoms with Crippen LogP contribution in [0.4, 0.5) is 4.39 Å². The molecule has 0 N–H and O–H groups in total. The van der Waals surface area contributed by atoms with Crippen LogP contribution in [-0.4, -0.2) is 15.0 Å². The Balaban J connectivity index is 2.06. The predicted molar refractivity (Wildman–Crippen MR) is 58.0 cm³/mol. The van der Waals surface area contributed by atoms with Gasteiger partial charge in [0.05, 0.1) is 17.1 Å². The topological polar surface area (TPSA) is 30.7 Å². The summed E-state index contributed by atoms with van der Waals surface area (Å²) >= 11 is 0. The van der Waals surface area contributed by atoms with Crippen LogP contribution in [0, 0.1) is 5.82 Å². The van der Waals surface area contributed by atoms with Gasteiger partial charge in [0.2, 0.25) is 0 Å². The first kappa shape index (κ1) is 9.51. The molecule has 1 aliphatic carbocycles. The fourth-order valence-electron chi connectivity index (χ4n) is 2.15. The molecule has 0 atom stereocenters. The van der Waals surface area contributed by atoms with Crippen molar-refractivity contribution in [1.29, 1.82) is 0 Å². The Morgan fingerprint density at radius 2 is 1.81 bits per heavy atom. The number of fused-ring (bicyclic) bond motifs is 1. The molecule has 16 heavy (non-hydrogen) atoms. The molecule has 0 saturated heterocycles. The van der Waals surface area contributed by atoms with E-state index in [9.17, 15) is 4.39 Å². The third-order valence-corrected chi connectivity index (χ3v) is 2.99. The van der Waals surface area contributed by atoms with E-state index in [1.165, 1.54) is 30.7 Å². The molecule has 82 valence electrons. The first-order chi connectivity index (χ1) is 7.84. The Morgan fingerprint density at radius 3 is 2.62 bits per heavy atom. The molecule has 0 aliphatic heterocycles. The number of halogens is 1. The SMILES string of the molecule is Fc1ccc(-n2nnc3c2CCCC3)cc1. The van der Waals surface area contributed by atoms with Gasteiger partial charge in [0.15, 0.2) is 0 Å². The molecule has 1 aliphatic rings. The smallest absolute Gasteiger partial charge is 0.123 e. The summed E-state index contributed by atoms with van der Waals surface area (Å²) < 4.78 is 14.6. The van der Waals surface area contributed by atoms with Crippen LogP contribution >= 0.6 is 0 Å². The van der Waals surface area contributed by atoms with Crippen LogP contribution in [0.1, 0.15) is 24.2 Å². The van der Waals surface area contributed by atoms with Gasteiger partial charge in [-0.25, -0.2) is 9.07 Å². The molecular formula is C12H12FN3. The monoisotopic (exact) mass is 217 g/mol. The van der Waals surface area contributed by atoms with Gasteiger partial charge in [-0.2, -0.15) is 0 Å². The minimum Gasteiger partial charge on any atom is -0.217 e. The zero-order valence-electron chi connectivity index (χ0n) is 8.86. The van der Waals surface area contributed by atoms with Crippen molar-refractivity contribution in [3.05, 3.63) is 41.5 Å². The molecule has 0 radical (unpaired) electrons. The van der Waals surface area contributed by atoms with E-state index < -0.39 is 0 Å². The zero-order chi connectivity index (χ0) is 11.0. The molecule has 0 saturated carbocycles. The van der Waals surface area contributed by atoms with E-state index >= 15 is 0 Å². The highest BCUT2D eigenvalue weighted by Gasteiger charge is 2.17. The van der Waals surface area contributed by atoms with E-state index in [0.29, 0.717) is 0 Å². The van der Waals surface area contributed by atoms with Gasteiger partial charge in [0.25, 0.3) is 0 Å². The number of aromatic nitrogens is 3. The lowest BCUT2D eigenvalue weighted by Gasteiger charge is -2.11. The lowest BCUT2D eigenvalue weighted by Crippen LogP contribution is -2.07. The number of rotatable bonds is 1. The second-order valence-electron chi connectivity index (χ2n) is 4.08. The van der Waals surface area contributed by atoms with Gasteiger partial charge in [-0.15, -0.1) is 5.10 Å². The number of nitrogens with zero attached hydrogens (tertiary/aromatic N) is 3. The van der Waals surface area contributed by atoms with Crippen LogP contribution in [-0.2, 0) is 12.8 Å². The van der Waals surface area contributed by atoms with Crippen molar-refractivity contribution in [2.75, 3.05) is 0 Å². The summed E-state index contributed by atoms with van der Waals surface area (Å²) in [5.41, 5.74) is 3.16. The van der Waals surface area contributed by atoms with Crippen LogP contribution < -0.4 is 0 Å². The molecule has 3 rings (SSSR count). The molecule has 4 heteroatoms. The fraction of sp³-hybridized carbons (Fsp3) is 0.333. The zero-order valence-corrected chi connectivity index (χ0v) is 8.86. The summed E-state index contributed by atoms with van der Waals surface area (Å²) in [5, 5.41) is 8.32. The van der Waals surface area contributed by atoms with E-state index in [1.807, 2.05) is 4.68 Å². The van der Waals surface area contributed by atoms with Crippen molar-refractivity contribution in [1.82, 2.24) is 15.0 Å². The van der Waals surface area contributed by atoms with Gasteiger partial charge < -0.3 is 0 Å². The molecule has 3 nitrogen and oxygen atoms in total. The van der Waals surface area contributed by atoms with Crippen LogP contribution in [0.3, 0.4) is 0 Å². The number of aryl methyl sites for hydroxylation is 1. The lowest BCUT2D eigenvalue weighted by molar-refractivity contribution is 0.625. The van der Waals surface area contributed by atoms with Crippen LogP contribution in [0.25, 0.3) is 5.69 Å². The first-order valence-corrected chi connectivity index (χ1v) is 5.54. The van der Waals surface area contributed by atoms with E-state index in [4.69, 9.17) is 0 Å². The number of hydrogen-bond acceptors (Lipinski definition) is 2. The fourth-order valence-corrected chi connectivity index (χ4v) is 2.15. The summed E-state index contributed by atoms with van der Waals surface area (Å²) in [4.78, 5) is 0. The summed E-state index contributed by atoms with van der Waals surface area (Å²) in [6.45, 7) is 0. The number of benzene rings is 1. The van der Waals surface area contributed by atoms with Gasteiger partial charge in [-0.05, 0) is 49.9 Å². The summed E-state index contributed by atoms with van der Waals surface area (Å²) in [7, 11) is 0. The third kappa shape index (κ3) is 1.50. The Hall–Kier alpha value is -1.71. The Kier molecular flexibility index (Phi) is 2.20. The largest absolute Gasteiger partial charge is 0.217 e. The second kappa shape index (κ2) is 3.70. The Bertz CT molecular complexity index is 501. The lowest BCUT2D eigenvalue weighted by atomic mass is 10.0. The highest BCUT2D eigenvalue weighted by Crippen LogP contribution is 2.21. The molecule has 0 unspecified atom stereocenters. The van der Waals surface area contributed by atoms with Crippen molar-refractivity contribution in [2.45, 2.75) is 25.7 Å². The van der Waals surface area contributed by atoms with E-state index in [2.05, 4.69) is 10.3 Å². The molecule has 1 heterocycles. The molecule has 0 amide bonds. The van der Waals surface area contributed by atoms with Crippen molar-refractivity contribution in [2.24, 2.45) is 0 Å². The Labute approximate surface area is 92.9 Å². The van der Waals surface area contributed by atoms with Crippen molar-refractivity contribution in [3.63, 3.8) is 0 Å². The number of hydrogen-bond donors (Lipinski definition) is 0. The van der Waals surface area contributed by atoms with Gasteiger partial charge in [-0.3, -0.25) is 0 Å². The van der Waals surface area contributed by atoms with Crippen LogP contribution in [0.2, 0.25) is 0 Å². The summed E-state index contributed by atoms with van der Waals surface area (Å²) in [6.07, 6.45) is 4.40. The maximum atomic E-state index is 12.8. The first-order valence-electron chi connectivity index (χ1n) is 5.54. The van der Waals surface area contributed by atoms with E-state index in [1.54, 1.807) is 12.1 Å². The molecule has 0 spiro atoms. The van der Waals surface area contributed by atoms with Gasteiger partial charge in [-0.1, -0.05) is 5.21 Å². The van der Waals surface area contributed by atoms with Crippen LogP contribution in [0.15, 0.2) is 24.3 Å². The molecule has 0 fully saturated rings. The van der Waals surface area contributed by atoms with Gasteiger partial charge in [0.1, 0.15) is 5.82 Å². The Morgan fingerprint density at radius 1 is 1.06 bits per heavy atom. The van der Waals surface area contributed by atoms with Crippen molar-refractivity contribution >= 4 is 0 Å². The van der Waals surface area contributed by atoms with Gasteiger partial charge in [0, 0.05) is 0 Å². The normalized spacial score (nSPS) is 14.8. The average molecular weight is 217 g/mol. The minimum absolute atomic E-state index is 0.224. The third-order valence-electron chi connectivity index (χ3n) is 2.99. The van der Waals surface area contributed by atoms with E-state index in [-0.39, 0.29) is 5.82 Å². The second-order valence-corrected chi connectivity index (χ2v) is 4.08. The highest BCUT2D eigenvalue weighted by atomic mass is 19.1. The minimum atomic E-state index is -0.224. The summed E-state index contributed by atoms with van der Waals surface area (Å²) in [5.74, 6) is -0.224. The highest BCUT2D eigenvalue weighted by molar-refractivity contribution is 5.34. The molecule has 0 bridgehead atoms. The van der Waals surface area contributed by atoms with Crippen molar-refractivity contribution in [3.8, 4) is 5.69 Å². The quantitative estimate of drug-likeness (QED) is 0.733. The standard InChI is InChI=1S/C12H12FN3/c13-9-5-7-10(8-6-9)16-12-4-2-1-3-11(12)14-15-16/h5-8H,1-4H2. The average Bonchev–Trinajstić information content (AvgIpc) is 2.74. The predicted octanol–water partition coefficient (Wildman–Crippen LogP) is 2.29. The maximum absolute atomic E-state index is 12.8. The molecule has 1 aromatic heterocycles. The van der Waals surface area contributed by atoms with Crippen molar-refractivity contribution < 1.29 is 4.39 Å². The molecule has 1 aromatic carbocycles. The molecular weight excluding hydrogens is 205 g/mol. The molecule has 2 aromatic rings.